The summed E-state index contributed by atoms with van der Waals surface area (Å²) in [5.41, 5.74) is 5.02. The Morgan fingerprint density at radius 2 is 1.65 bits per heavy atom. The molecule has 5 aromatic rings. The molecule has 0 saturated carbocycles. The number of nitrogens with one attached hydrogen (secondary N) is 2. The first kappa shape index (κ1) is 19.7. The molecule has 0 saturated heterocycles. The Morgan fingerprint density at radius 1 is 0.839 bits per heavy atom. The van der Waals surface area contributed by atoms with Crippen molar-refractivity contribution >= 4 is 48.8 Å². The minimum Gasteiger partial charge on any atom is -0.361 e. The summed E-state index contributed by atoms with van der Waals surface area (Å²) in [6, 6.07) is 22.9. The molecule has 5 rings (SSSR count). The molecule has 0 aliphatic carbocycles. The molecule has 2 heterocycles. The summed E-state index contributed by atoms with van der Waals surface area (Å²) in [6.07, 6.45) is 0.919. The van der Waals surface area contributed by atoms with Crippen molar-refractivity contribution < 1.29 is 4.39 Å². The lowest BCUT2D eigenvalue weighted by molar-refractivity contribution is 0.628. The van der Waals surface area contributed by atoms with E-state index >= 15 is 0 Å². The number of nitrogens with zero attached hydrogens (tertiary/aromatic N) is 2. The highest BCUT2D eigenvalue weighted by Gasteiger charge is 2.06. The van der Waals surface area contributed by atoms with Gasteiger partial charge < -0.3 is 10.6 Å². The highest BCUT2D eigenvalue weighted by molar-refractivity contribution is 7.22. The molecule has 154 valence electrons. The van der Waals surface area contributed by atoms with E-state index in [0.29, 0.717) is 0 Å². The lowest BCUT2D eigenvalue weighted by Gasteiger charge is -2.06. The number of hydrogen-bond acceptors (Lipinski definition) is 6. The summed E-state index contributed by atoms with van der Waals surface area (Å²) < 4.78 is 14.3. The standard InChI is InChI=1S/C24H19FN4S2/c25-18-9-7-17(8-10-18)21-15-30-24(29-21)27-19-11-5-16(6-12-19)13-14-26-23-28-20-3-1-2-4-22(20)31-23/h1-12,15H,13-14H2,(H,26,28)(H,27,29). The van der Waals surface area contributed by atoms with Gasteiger partial charge in [-0.2, -0.15) is 0 Å². The van der Waals surface area contributed by atoms with Crippen molar-refractivity contribution in [1.29, 1.82) is 0 Å². The predicted octanol–water partition coefficient (Wildman–Crippen LogP) is 6.96. The van der Waals surface area contributed by atoms with Crippen molar-refractivity contribution in [1.82, 2.24) is 9.97 Å². The molecule has 0 unspecified atom stereocenters. The Bertz CT molecular complexity index is 1260. The first-order chi connectivity index (χ1) is 15.2. The Labute approximate surface area is 187 Å². The highest BCUT2D eigenvalue weighted by atomic mass is 32.1. The number of anilines is 3. The topological polar surface area (TPSA) is 49.8 Å². The number of halogens is 1. The maximum atomic E-state index is 13.1. The van der Waals surface area contributed by atoms with Crippen LogP contribution in [0.1, 0.15) is 5.56 Å². The summed E-state index contributed by atoms with van der Waals surface area (Å²) in [6.45, 7) is 0.833. The second kappa shape index (κ2) is 8.83. The number of fused-ring (bicyclic) bond motifs is 1. The Morgan fingerprint density at radius 3 is 2.45 bits per heavy atom. The third kappa shape index (κ3) is 4.73. The zero-order valence-electron chi connectivity index (χ0n) is 16.5. The SMILES string of the molecule is Fc1ccc(-c2csc(Nc3ccc(CCNc4nc5ccccc5s4)cc3)n2)cc1. The van der Waals surface area contributed by atoms with Crippen molar-refractivity contribution in [2.75, 3.05) is 17.2 Å². The van der Waals surface area contributed by atoms with Gasteiger partial charge in [-0.1, -0.05) is 35.6 Å². The van der Waals surface area contributed by atoms with Crippen LogP contribution in [0, 0.1) is 5.82 Å². The average molecular weight is 447 g/mol. The van der Waals surface area contributed by atoms with Crippen LogP contribution in [0.2, 0.25) is 0 Å². The third-order valence-corrected chi connectivity index (χ3v) is 6.58. The van der Waals surface area contributed by atoms with Gasteiger partial charge in [-0.3, -0.25) is 0 Å². The van der Waals surface area contributed by atoms with Crippen LogP contribution in [0.4, 0.5) is 20.3 Å². The summed E-state index contributed by atoms with van der Waals surface area (Å²) in [5, 5.41) is 10.5. The van der Waals surface area contributed by atoms with E-state index in [1.54, 1.807) is 23.5 Å². The van der Waals surface area contributed by atoms with Gasteiger partial charge >= 0.3 is 0 Å². The van der Waals surface area contributed by atoms with Gasteiger partial charge in [0, 0.05) is 23.2 Å². The number of benzene rings is 3. The molecule has 4 nitrogen and oxygen atoms in total. The summed E-state index contributed by atoms with van der Waals surface area (Å²) in [4.78, 5) is 9.20. The number of thiazole rings is 2. The van der Waals surface area contributed by atoms with E-state index in [4.69, 9.17) is 0 Å². The van der Waals surface area contributed by atoms with Gasteiger partial charge in [0.1, 0.15) is 5.82 Å². The molecule has 0 radical (unpaired) electrons. The Hall–Kier alpha value is -3.29. The Kier molecular flexibility index (Phi) is 5.60. The molecular formula is C24H19FN4S2. The van der Waals surface area contributed by atoms with Gasteiger partial charge in [-0.25, -0.2) is 14.4 Å². The highest BCUT2D eigenvalue weighted by Crippen LogP contribution is 2.28. The monoisotopic (exact) mass is 446 g/mol. The molecule has 0 aliphatic rings. The van der Waals surface area contributed by atoms with E-state index in [2.05, 4.69) is 50.9 Å². The largest absolute Gasteiger partial charge is 0.361 e. The fraction of sp³-hybridized carbons (Fsp3) is 0.0833. The molecular weight excluding hydrogens is 427 g/mol. The molecule has 0 bridgehead atoms. The third-order valence-electron chi connectivity index (χ3n) is 4.83. The first-order valence-corrected chi connectivity index (χ1v) is 11.6. The number of rotatable bonds is 7. The van der Waals surface area contributed by atoms with Crippen molar-refractivity contribution in [3.05, 3.63) is 89.6 Å². The van der Waals surface area contributed by atoms with E-state index < -0.39 is 0 Å². The maximum Gasteiger partial charge on any atom is 0.187 e. The quantitative estimate of drug-likeness (QED) is 0.284. The molecule has 0 aliphatic heterocycles. The second-order valence-electron chi connectivity index (χ2n) is 7.03. The van der Waals surface area contributed by atoms with E-state index in [0.717, 1.165) is 45.7 Å². The summed E-state index contributed by atoms with van der Waals surface area (Å²) >= 11 is 3.21. The smallest absolute Gasteiger partial charge is 0.187 e. The molecule has 7 heteroatoms. The van der Waals surface area contributed by atoms with Crippen LogP contribution in [-0.4, -0.2) is 16.5 Å². The minimum absolute atomic E-state index is 0.243. The van der Waals surface area contributed by atoms with Crippen molar-refractivity contribution in [2.24, 2.45) is 0 Å². The number of hydrogen-bond donors (Lipinski definition) is 2. The molecule has 3 aromatic carbocycles. The van der Waals surface area contributed by atoms with Crippen LogP contribution >= 0.6 is 22.7 Å². The molecule has 0 amide bonds. The van der Waals surface area contributed by atoms with Crippen LogP contribution in [0.15, 0.2) is 78.2 Å². The van der Waals surface area contributed by atoms with Gasteiger partial charge in [0.15, 0.2) is 10.3 Å². The predicted molar refractivity (Wildman–Crippen MR) is 129 cm³/mol. The van der Waals surface area contributed by atoms with Gasteiger partial charge in [-0.05, 0) is 60.5 Å². The van der Waals surface area contributed by atoms with Crippen molar-refractivity contribution in [3.8, 4) is 11.3 Å². The lowest BCUT2D eigenvalue weighted by Crippen LogP contribution is -2.04. The number of para-hydroxylation sites is 1. The molecule has 31 heavy (non-hydrogen) atoms. The fourth-order valence-electron chi connectivity index (χ4n) is 3.22. The lowest BCUT2D eigenvalue weighted by atomic mass is 10.1. The number of aromatic nitrogens is 2. The molecule has 2 N–H and O–H groups in total. The second-order valence-corrected chi connectivity index (χ2v) is 8.92. The van der Waals surface area contributed by atoms with E-state index in [1.165, 1.54) is 33.7 Å². The molecule has 0 atom stereocenters. The van der Waals surface area contributed by atoms with Crippen LogP contribution in [0.5, 0.6) is 0 Å². The van der Waals surface area contributed by atoms with Gasteiger partial charge in [0.2, 0.25) is 0 Å². The molecule has 0 spiro atoms. The van der Waals surface area contributed by atoms with Crippen molar-refractivity contribution in [3.63, 3.8) is 0 Å². The van der Waals surface area contributed by atoms with E-state index in [9.17, 15) is 4.39 Å². The van der Waals surface area contributed by atoms with E-state index in [1.807, 2.05) is 23.6 Å². The minimum atomic E-state index is -0.243. The summed E-state index contributed by atoms with van der Waals surface area (Å²) in [5.74, 6) is -0.243. The molecule has 0 fully saturated rings. The zero-order chi connectivity index (χ0) is 21.0. The van der Waals surface area contributed by atoms with Crippen molar-refractivity contribution in [2.45, 2.75) is 6.42 Å². The average Bonchev–Trinajstić information content (AvgIpc) is 3.42. The van der Waals surface area contributed by atoms with Crippen LogP contribution in [0.25, 0.3) is 21.5 Å². The maximum absolute atomic E-state index is 13.1. The normalized spacial score (nSPS) is 11.0. The van der Waals surface area contributed by atoms with Gasteiger partial charge in [-0.15, -0.1) is 11.3 Å². The fourth-order valence-corrected chi connectivity index (χ4v) is 4.86. The van der Waals surface area contributed by atoms with Gasteiger partial charge in [0.05, 0.1) is 15.9 Å². The molecule has 2 aromatic heterocycles. The first-order valence-electron chi connectivity index (χ1n) is 9.90. The summed E-state index contributed by atoms with van der Waals surface area (Å²) in [7, 11) is 0. The van der Waals surface area contributed by atoms with E-state index in [-0.39, 0.29) is 5.82 Å². The zero-order valence-corrected chi connectivity index (χ0v) is 18.1. The Balaban J connectivity index is 1.16. The van der Waals surface area contributed by atoms with Crippen LogP contribution in [-0.2, 0) is 6.42 Å². The van der Waals surface area contributed by atoms with Crippen LogP contribution < -0.4 is 10.6 Å². The van der Waals surface area contributed by atoms with Gasteiger partial charge in [0.25, 0.3) is 0 Å². The van der Waals surface area contributed by atoms with Crippen LogP contribution in [0.3, 0.4) is 0 Å².